The minimum absolute atomic E-state index is 0.132. The molecular formula is C23H24N2OS. The van der Waals surface area contributed by atoms with Gasteiger partial charge < -0.3 is 4.90 Å². The fraction of sp³-hybridized carbons (Fsp3) is 0.217. The maximum absolute atomic E-state index is 12.9. The molecule has 0 unspecified atom stereocenters. The number of aryl methyl sites for hydroxylation is 1. The number of amides is 1. The summed E-state index contributed by atoms with van der Waals surface area (Å²) in [4.78, 5) is 20.1. The number of hydrogen-bond donors (Lipinski definition) is 0. The van der Waals surface area contributed by atoms with Crippen molar-refractivity contribution in [3.63, 3.8) is 0 Å². The molecule has 0 aliphatic rings. The summed E-state index contributed by atoms with van der Waals surface area (Å²) in [5.41, 5.74) is 3.50. The largest absolute Gasteiger partial charge is 0.333 e. The molecule has 1 aromatic heterocycles. The number of carbonyl (C=O) groups excluding carboxylic acids is 1. The summed E-state index contributed by atoms with van der Waals surface area (Å²) in [7, 11) is 0. The first-order valence-electron chi connectivity index (χ1n) is 9.17. The van der Waals surface area contributed by atoms with Gasteiger partial charge in [-0.3, -0.25) is 9.78 Å². The summed E-state index contributed by atoms with van der Waals surface area (Å²) in [6.07, 6.45) is 4.60. The third-order valence-corrected chi connectivity index (χ3v) is 5.36. The zero-order chi connectivity index (χ0) is 18.9. The van der Waals surface area contributed by atoms with Crippen molar-refractivity contribution in [2.45, 2.75) is 31.3 Å². The third kappa shape index (κ3) is 5.97. The van der Waals surface area contributed by atoms with Crippen molar-refractivity contribution in [3.05, 3.63) is 95.8 Å². The summed E-state index contributed by atoms with van der Waals surface area (Å²) in [6.45, 7) is 3.32. The van der Waals surface area contributed by atoms with E-state index in [1.54, 1.807) is 18.0 Å². The number of nitrogens with zero attached hydrogens (tertiary/aromatic N) is 2. The molecule has 0 bridgehead atoms. The minimum atomic E-state index is 0.132. The van der Waals surface area contributed by atoms with Gasteiger partial charge in [0.05, 0.1) is 5.75 Å². The van der Waals surface area contributed by atoms with Crippen LogP contribution in [0.2, 0.25) is 0 Å². The smallest absolute Gasteiger partial charge is 0.233 e. The van der Waals surface area contributed by atoms with E-state index in [9.17, 15) is 4.79 Å². The van der Waals surface area contributed by atoms with Crippen molar-refractivity contribution < 1.29 is 4.79 Å². The van der Waals surface area contributed by atoms with Crippen LogP contribution in [0.3, 0.4) is 0 Å². The molecule has 1 amide bonds. The van der Waals surface area contributed by atoms with Gasteiger partial charge in [-0.15, -0.1) is 11.8 Å². The third-order valence-electron chi connectivity index (χ3n) is 4.36. The Balaban J connectivity index is 1.70. The molecule has 0 radical (unpaired) electrons. The van der Waals surface area contributed by atoms with Crippen LogP contribution in [0.25, 0.3) is 0 Å². The van der Waals surface area contributed by atoms with Crippen molar-refractivity contribution in [1.29, 1.82) is 0 Å². The van der Waals surface area contributed by atoms with Crippen molar-refractivity contribution >= 4 is 17.7 Å². The van der Waals surface area contributed by atoms with E-state index in [4.69, 9.17) is 0 Å². The summed E-state index contributed by atoms with van der Waals surface area (Å²) in [6, 6.07) is 22.5. The number of thioether (sulfide) groups is 1. The molecule has 138 valence electrons. The lowest BCUT2D eigenvalue weighted by Gasteiger charge is -2.23. The van der Waals surface area contributed by atoms with E-state index in [1.165, 1.54) is 5.56 Å². The van der Waals surface area contributed by atoms with Gasteiger partial charge in [-0.05, 0) is 41.3 Å². The predicted octanol–water partition coefficient (Wildman–Crippen LogP) is 4.97. The molecule has 0 spiro atoms. The topological polar surface area (TPSA) is 33.2 Å². The fourth-order valence-corrected chi connectivity index (χ4v) is 3.62. The highest BCUT2D eigenvalue weighted by Gasteiger charge is 2.15. The lowest BCUT2D eigenvalue weighted by atomic mass is 10.1. The van der Waals surface area contributed by atoms with E-state index in [1.807, 2.05) is 53.6 Å². The summed E-state index contributed by atoms with van der Waals surface area (Å²) >= 11 is 1.58. The SMILES string of the molecule is CCc1ccc(CN(Cc2cccnc2)C(=O)CSc2ccccc2)cc1. The van der Waals surface area contributed by atoms with Crippen LogP contribution in [-0.2, 0) is 24.3 Å². The second-order valence-corrected chi connectivity index (χ2v) is 7.43. The Hall–Kier alpha value is -2.59. The summed E-state index contributed by atoms with van der Waals surface area (Å²) < 4.78 is 0. The van der Waals surface area contributed by atoms with Crippen LogP contribution < -0.4 is 0 Å². The molecule has 0 atom stereocenters. The highest BCUT2D eigenvalue weighted by Crippen LogP contribution is 2.19. The molecule has 0 N–H and O–H groups in total. The van der Waals surface area contributed by atoms with E-state index in [2.05, 4.69) is 36.2 Å². The second kappa shape index (κ2) is 9.93. The Morgan fingerprint density at radius 2 is 1.59 bits per heavy atom. The Morgan fingerprint density at radius 3 is 2.26 bits per heavy atom. The molecule has 3 aromatic rings. The quantitative estimate of drug-likeness (QED) is 0.521. The summed E-state index contributed by atoms with van der Waals surface area (Å²) in [5, 5.41) is 0. The number of aromatic nitrogens is 1. The Kier molecular flexibility index (Phi) is 7.05. The Bertz CT molecular complexity index is 835. The standard InChI is InChI=1S/C23H24N2OS/c1-2-19-10-12-20(13-11-19)16-25(17-21-7-6-14-24-15-21)23(26)18-27-22-8-4-3-5-9-22/h3-15H,2,16-18H2,1H3. The van der Waals surface area contributed by atoms with Gasteiger partial charge in [-0.25, -0.2) is 0 Å². The molecule has 27 heavy (non-hydrogen) atoms. The Labute approximate surface area is 165 Å². The molecular weight excluding hydrogens is 352 g/mol. The highest BCUT2D eigenvalue weighted by atomic mass is 32.2. The van der Waals surface area contributed by atoms with Gasteiger partial charge in [0.25, 0.3) is 0 Å². The molecule has 3 rings (SSSR count). The zero-order valence-electron chi connectivity index (χ0n) is 15.5. The molecule has 0 saturated heterocycles. The van der Waals surface area contributed by atoms with Crippen LogP contribution in [-0.4, -0.2) is 21.5 Å². The van der Waals surface area contributed by atoms with Gasteiger partial charge >= 0.3 is 0 Å². The minimum Gasteiger partial charge on any atom is -0.333 e. The van der Waals surface area contributed by atoms with Gasteiger partial charge in [-0.1, -0.05) is 55.5 Å². The Morgan fingerprint density at radius 1 is 0.889 bits per heavy atom. The lowest BCUT2D eigenvalue weighted by Crippen LogP contribution is -2.31. The number of benzene rings is 2. The molecule has 0 aliphatic heterocycles. The van der Waals surface area contributed by atoms with Crippen LogP contribution in [0.15, 0.2) is 84.0 Å². The average molecular weight is 377 g/mol. The van der Waals surface area contributed by atoms with Gasteiger partial charge in [0.1, 0.15) is 0 Å². The normalized spacial score (nSPS) is 10.6. The maximum atomic E-state index is 12.9. The first-order chi connectivity index (χ1) is 13.2. The van der Waals surface area contributed by atoms with Crippen LogP contribution in [0.4, 0.5) is 0 Å². The average Bonchev–Trinajstić information content (AvgIpc) is 2.73. The molecule has 2 aromatic carbocycles. The lowest BCUT2D eigenvalue weighted by molar-refractivity contribution is -0.129. The van der Waals surface area contributed by atoms with E-state index in [0.29, 0.717) is 18.8 Å². The monoisotopic (exact) mass is 376 g/mol. The van der Waals surface area contributed by atoms with E-state index in [0.717, 1.165) is 22.4 Å². The second-order valence-electron chi connectivity index (χ2n) is 6.38. The van der Waals surface area contributed by atoms with Gasteiger partial charge in [0.15, 0.2) is 0 Å². The fourth-order valence-electron chi connectivity index (χ4n) is 2.80. The maximum Gasteiger partial charge on any atom is 0.233 e. The van der Waals surface area contributed by atoms with Crippen LogP contribution >= 0.6 is 11.8 Å². The van der Waals surface area contributed by atoms with E-state index < -0.39 is 0 Å². The van der Waals surface area contributed by atoms with Crippen molar-refractivity contribution in [1.82, 2.24) is 9.88 Å². The number of rotatable bonds is 8. The van der Waals surface area contributed by atoms with Crippen LogP contribution in [0.1, 0.15) is 23.6 Å². The number of pyridine rings is 1. The molecule has 1 heterocycles. The molecule has 3 nitrogen and oxygen atoms in total. The zero-order valence-corrected chi connectivity index (χ0v) is 16.4. The van der Waals surface area contributed by atoms with Crippen molar-refractivity contribution in [2.24, 2.45) is 0 Å². The van der Waals surface area contributed by atoms with Gasteiger partial charge in [-0.2, -0.15) is 0 Å². The van der Waals surface area contributed by atoms with Crippen LogP contribution in [0.5, 0.6) is 0 Å². The molecule has 0 fully saturated rings. The van der Waals surface area contributed by atoms with E-state index >= 15 is 0 Å². The highest BCUT2D eigenvalue weighted by molar-refractivity contribution is 8.00. The first-order valence-corrected chi connectivity index (χ1v) is 10.2. The molecule has 0 aliphatic carbocycles. The van der Waals surface area contributed by atoms with Crippen LogP contribution in [0, 0.1) is 0 Å². The predicted molar refractivity (Wildman–Crippen MR) is 111 cm³/mol. The molecule has 4 heteroatoms. The van der Waals surface area contributed by atoms with Crippen molar-refractivity contribution in [2.75, 3.05) is 5.75 Å². The summed E-state index contributed by atoms with van der Waals surface area (Å²) in [5.74, 6) is 0.560. The van der Waals surface area contributed by atoms with Gasteiger partial charge in [0.2, 0.25) is 5.91 Å². The first kappa shape index (κ1) is 19.2. The van der Waals surface area contributed by atoms with Crippen molar-refractivity contribution in [3.8, 4) is 0 Å². The molecule has 0 saturated carbocycles. The van der Waals surface area contributed by atoms with E-state index in [-0.39, 0.29) is 5.91 Å². The number of carbonyl (C=O) groups is 1. The number of hydrogen-bond acceptors (Lipinski definition) is 3. The van der Waals surface area contributed by atoms with Gasteiger partial charge in [0, 0.05) is 30.4 Å².